The van der Waals surface area contributed by atoms with Gasteiger partial charge >= 0.3 is 0 Å². The maximum Gasteiger partial charge on any atom is 0.219 e. The Morgan fingerprint density at radius 3 is 1.71 bits per heavy atom. The molecule has 0 bridgehead atoms. The first-order valence-corrected chi connectivity index (χ1v) is 4.71. The van der Waals surface area contributed by atoms with Crippen LogP contribution in [0.15, 0.2) is 0 Å². The van der Waals surface area contributed by atoms with E-state index in [1.165, 1.54) is 11.8 Å². The van der Waals surface area contributed by atoms with Crippen molar-refractivity contribution in [3.63, 3.8) is 0 Å². The van der Waals surface area contributed by atoms with Crippen LogP contribution in [0.3, 0.4) is 0 Å². The van der Waals surface area contributed by atoms with Gasteiger partial charge in [0.05, 0.1) is 25.0 Å². The zero-order valence-corrected chi connectivity index (χ0v) is 9.08. The van der Waals surface area contributed by atoms with Crippen LogP contribution in [0.5, 0.6) is 0 Å². The fourth-order valence-corrected chi connectivity index (χ4v) is 0.797. The monoisotopic (exact) mass is 195 g/mol. The summed E-state index contributed by atoms with van der Waals surface area (Å²) >= 11 is 0. The molecule has 0 aliphatic carbocycles. The number of carbonyl (C=O) groups excluding carboxylic acids is 1. The van der Waals surface area contributed by atoms with Gasteiger partial charge in [-0.05, 0) is 0 Å². The van der Waals surface area contributed by atoms with Gasteiger partial charge in [-0.1, -0.05) is 13.8 Å². The molecule has 0 rings (SSSR count). The molecule has 4 heteroatoms. The molecule has 0 aromatic heterocycles. The topological polar surface area (TPSA) is 67.9 Å². The normalized spacial score (nSPS) is 7.50. The molecule has 0 aromatic rings. The third-order valence-corrected chi connectivity index (χ3v) is 1.43. The maximum atomic E-state index is 10.9. The third kappa shape index (κ3) is 8.55. The first-order valence-electron chi connectivity index (χ1n) is 4.71. The van der Waals surface area contributed by atoms with Gasteiger partial charge in [-0.2, -0.15) is 10.5 Å². The van der Waals surface area contributed by atoms with Crippen LogP contribution >= 0.6 is 0 Å². The molecule has 0 saturated carbocycles. The molecule has 0 fully saturated rings. The number of nitrogens with zero attached hydrogens (tertiary/aromatic N) is 3. The quantitative estimate of drug-likeness (QED) is 0.685. The lowest BCUT2D eigenvalue weighted by Crippen LogP contribution is -2.30. The Bertz CT molecular complexity index is 207. The SMILES string of the molecule is CC.CC(=O)N(CCC#N)CCC#N. The van der Waals surface area contributed by atoms with E-state index in [1.54, 1.807) is 0 Å². The summed E-state index contributed by atoms with van der Waals surface area (Å²) in [7, 11) is 0. The van der Waals surface area contributed by atoms with Crippen LogP contribution in [0, 0.1) is 22.7 Å². The molecule has 1 amide bonds. The van der Waals surface area contributed by atoms with Crippen molar-refractivity contribution in [1.29, 1.82) is 10.5 Å². The Kier molecular flexibility index (Phi) is 12.2. The van der Waals surface area contributed by atoms with Crippen LogP contribution in [-0.2, 0) is 4.79 Å². The number of carbonyl (C=O) groups is 1. The lowest BCUT2D eigenvalue weighted by atomic mass is 10.3. The summed E-state index contributed by atoms with van der Waals surface area (Å²) in [5.74, 6) is -0.0829. The van der Waals surface area contributed by atoms with Gasteiger partial charge in [0.15, 0.2) is 0 Å². The van der Waals surface area contributed by atoms with Crippen LogP contribution in [0.1, 0.15) is 33.6 Å². The van der Waals surface area contributed by atoms with Crippen molar-refractivity contribution < 1.29 is 4.79 Å². The lowest BCUT2D eigenvalue weighted by Gasteiger charge is -2.17. The maximum absolute atomic E-state index is 10.9. The highest BCUT2D eigenvalue weighted by Crippen LogP contribution is 1.93. The predicted molar refractivity (Wildman–Crippen MR) is 54.1 cm³/mol. The second-order valence-corrected chi connectivity index (χ2v) is 2.32. The number of hydrogen-bond donors (Lipinski definition) is 0. The molecule has 0 atom stereocenters. The molecule has 0 unspecified atom stereocenters. The number of amides is 1. The van der Waals surface area contributed by atoms with E-state index >= 15 is 0 Å². The summed E-state index contributed by atoms with van der Waals surface area (Å²) in [5, 5.41) is 16.5. The summed E-state index contributed by atoms with van der Waals surface area (Å²) in [4.78, 5) is 12.4. The van der Waals surface area contributed by atoms with E-state index in [-0.39, 0.29) is 5.91 Å². The Balaban J connectivity index is 0. The van der Waals surface area contributed by atoms with E-state index in [4.69, 9.17) is 10.5 Å². The number of rotatable bonds is 4. The van der Waals surface area contributed by atoms with Crippen molar-refractivity contribution in [3.8, 4) is 12.1 Å². The molecule has 0 saturated heterocycles. The van der Waals surface area contributed by atoms with Crippen molar-refractivity contribution in [2.45, 2.75) is 33.6 Å². The Morgan fingerprint density at radius 2 is 1.50 bits per heavy atom. The van der Waals surface area contributed by atoms with E-state index in [0.29, 0.717) is 25.9 Å². The van der Waals surface area contributed by atoms with E-state index in [0.717, 1.165) is 0 Å². The summed E-state index contributed by atoms with van der Waals surface area (Å²) in [6.07, 6.45) is 0.649. The summed E-state index contributed by atoms with van der Waals surface area (Å²) in [5.41, 5.74) is 0. The highest BCUT2D eigenvalue weighted by atomic mass is 16.2. The van der Waals surface area contributed by atoms with E-state index in [9.17, 15) is 4.79 Å². The number of hydrogen-bond acceptors (Lipinski definition) is 3. The van der Waals surface area contributed by atoms with Crippen LogP contribution in [0.2, 0.25) is 0 Å². The van der Waals surface area contributed by atoms with Crippen molar-refractivity contribution >= 4 is 5.91 Å². The largest absolute Gasteiger partial charge is 0.341 e. The van der Waals surface area contributed by atoms with Gasteiger partial charge in [0.2, 0.25) is 5.91 Å². The average molecular weight is 195 g/mol. The summed E-state index contributed by atoms with van der Waals surface area (Å²) in [6.45, 7) is 6.29. The van der Waals surface area contributed by atoms with E-state index < -0.39 is 0 Å². The van der Waals surface area contributed by atoms with Crippen LogP contribution in [-0.4, -0.2) is 23.9 Å². The minimum absolute atomic E-state index is 0.0829. The molecule has 78 valence electrons. The Hall–Kier alpha value is -1.55. The minimum Gasteiger partial charge on any atom is -0.341 e. The molecule has 0 aliphatic heterocycles. The Morgan fingerprint density at radius 1 is 1.14 bits per heavy atom. The van der Waals surface area contributed by atoms with E-state index in [1.807, 2.05) is 26.0 Å². The minimum atomic E-state index is -0.0829. The van der Waals surface area contributed by atoms with Gasteiger partial charge in [-0.25, -0.2) is 0 Å². The lowest BCUT2D eigenvalue weighted by molar-refractivity contribution is -0.128. The van der Waals surface area contributed by atoms with Gasteiger partial charge in [0.1, 0.15) is 0 Å². The second kappa shape index (κ2) is 11.4. The summed E-state index contributed by atoms with van der Waals surface area (Å²) in [6, 6.07) is 3.91. The first kappa shape index (κ1) is 14.9. The van der Waals surface area contributed by atoms with Gasteiger partial charge in [0, 0.05) is 20.0 Å². The zero-order valence-electron chi connectivity index (χ0n) is 9.08. The van der Waals surface area contributed by atoms with Crippen LogP contribution < -0.4 is 0 Å². The molecule has 4 nitrogen and oxygen atoms in total. The molecule has 0 radical (unpaired) electrons. The molecule has 14 heavy (non-hydrogen) atoms. The predicted octanol–water partition coefficient (Wildman–Crippen LogP) is 1.69. The van der Waals surface area contributed by atoms with Gasteiger partial charge in [0.25, 0.3) is 0 Å². The van der Waals surface area contributed by atoms with Crippen LogP contribution in [0.4, 0.5) is 0 Å². The van der Waals surface area contributed by atoms with Gasteiger partial charge in [-0.15, -0.1) is 0 Å². The molecule has 0 heterocycles. The molecule has 0 aliphatic rings. The molecular weight excluding hydrogens is 178 g/mol. The molecule has 0 aromatic carbocycles. The highest BCUT2D eigenvalue weighted by molar-refractivity contribution is 5.73. The van der Waals surface area contributed by atoms with Gasteiger partial charge < -0.3 is 4.90 Å². The van der Waals surface area contributed by atoms with Crippen molar-refractivity contribution in [3.05, 3.63) is 0 Å². The second-order valence-electron chi connectivity index (χ2n) is 2.32. The van der Waals surface area contributed by atoms with Crippen molar-refractivity contribution in [1.82, 2.24) is 4.90 Å². The molecular formula is C10H17N3O. The summed E-state index contributed by atoms with van der Waals surface area (Å²) < 4.78 is 0. The van der Waals surface area contributed by atoms with E-state index in [2.05, 4.69) is 0 Å². The van der Waals surface area contributed by atoms with Gasteiger partial charge in [-0.3, -0.25) is 4.79 Å². The highest BCUT2D eigenvalue weighted by Gasteiger charge is 2.06. The van der Waals surface area contributed by atoms with Crippen molar-refractivity contribution in [2.75, 3.05) is 13.1 Å². The standard InChI is InChI=1S/C8H11N3O.C2H6/c1-8(12)11(6-2-4-9)7-3-5-10;1-2/h2-3,6-7H2,1H3;1-2H3. The fraction of sp³-hybridized carbons (Fsp3) is 0.700. The smallest absolute Gasteiger partial charge is 0.219 e. The fourth-order valence-electron chi connectivity index (χ4n) is 0.797. The third-order valence-electron chi connectivity index (χ3n) is 1.43. The molecule has 0 spiro atoms. The average Bonchev–Trinajstić information content (AvgIpc) is 2.20. The van der Waals surface area contributed by atoms with Crippen LogP contribution in [0.25, 0.3) is 0 Å². The zero-order chi connectivity index (χ0) is 11.4. The van der Waals surface area contributed by atoms with Crippen molar-refractivity contribution in [2.24, 2.45) is 0 Å². The number of nitriles is 2. The Labute approximate surface area is 85.7 Å². The first-order chi connectivity index (χ1) is 6.72. The molecule has 0 N–H and O–H groups in total.